The fraction of sp³-hybridized carbons (Fsp3) is 0.0625. The van der Waals surface area contributed by atoms with Crippen LogP contribution in [0.3, 0.4) is 0 Å². The Morgan fingerprint density at radius 2 is 1.72 bits per heavy atom. The number of aromatic nitrogens is 1. The highest BCUT2D eigenvalue weighted by atomic mass is 15.0. The summed E-state index contributed by atoms with van der Waals surface area (Å²) >= 11 is 0. The minimum atomic E-state index is 0.818. The van der Waals surface area contributed by atoms with Gasteiger partial charge in [-0.25, -0.2) is 0 Å². The molecule has 18 heavy (non-hydrogen) atoms. The number of nitrogens with two attached hydrogens (primary N) is 1. The van der Waals surface area contributed by atoms with E-state index in [0.29, 0.717) is 0 Å². The first-order valence-electron chi connectivity index (χ1n) is 6.01. The van der Waals surface area contributed by atoms with Crippen LogP contribution in [-0.2, 0) is 0 Å². The molecule has 1 aromatic heterocycles. The van der Waals surface area contributed by atoms with Gasteiger partial charge in [-0.05, 0) is 5.39 Å². The van der Waals surface area contributed by atoms with E-state index in [1.54, 1.807) is 0 Å². The molecule has 0 aliphatic heterocycles. The van der Waals surface area contributed by atoms with Gasteiger partial charge in [-0.15, -0.1) is 0 Å². The van der Waals surface area contributed by atoms with Gasteiger partial charge in [-0.3, -0.25) is 0 Å². The van der Waals surface area contributed by atoms with Gasteiger partial charge in [0, 0.05) is 42.3 Å². The predicted molar refractivity (Wildman–Crippen MR) is 74.6 cm³/mol. The molecule has 2 N–H and O–H groups in total. The number of aryl methyl sites for hydroxylation is 1. The summed E-state index contributed by atoms with van der Waals surface area (Å²) < 4.78 is 2.14. The van der Waals surface area contributed by atoms with Crippen molar-refractivity contribution in [2.75, 3.05) is 5.73 Å². The topological polar surface area (TPSA) is 29.9 Å². The molecule has 0 fully saturated rings. The maximum Gasteiger partial charge on any atom is 0.213 e. The molecular weight excluding hydrogens is 220 g/mol. The van der Waals surface area contributed by atoms with Crippen LogP contribution in [0.2, 0.25) is 0 Å². The lowest BCUT2D eigenvalue weighted by atomic mass is 10.1. The second-order valence-corrected chi connectivity index (χ2v) is 4.47. The average Bonchev–Trinajstić information content (AvgIpc) is 2.39. The number of benzene rings is 2. The van der Waals surface area contributed by atoms with Crippen molar-refractivity contribution in [1.29, 1.82) is 0 Å². The highest BCUT2D eigenvalue weighted by Gasteiger charge is 2.11. The third-order valence-electron chi connectivity index (χ3n) is 3.22. The van der Waals surface area contributed by atoms with E-state index in [1.165, 1.54) is 11.1 Å². The molecule has 0 spiro atoms. The van der Waals surface area contributed by atoms with Crippen LogP contribution in [0.1, 0.15) is 5.69 Å². The lowest BCUT2D eigenvalue weighted by Crippen LogP contribution is -2.33. The second-order valence-electron chi connectivity index (χ2n) is 4.47. The molecule has 2 aromatic carbocycles. The summed E-state index contributed by atoms with van der Waals surface area (Å²) in [5, 5.41) is 2.28. The molecule has 3 rings (SSSR count). The van der Waals surface area contributed by atoms with E-state index in [2.05, 4.69) is 42.0 Å². The van der Waals surface area contributed by atoms with Crippen molar-refractivity contribution in [2.24, 2.45) is 0 Å². The fourth-order valence-electron chi connectivity index (χ4n) is 2.28. The molecule has 0 bridgehead atoms. The van der Waals surface area contributed by atoms with E-state index in [9.17, 15) is 0 Å². The lowest BCUT2D eigenvalue weighted by molar-refractivity contribution is -0.602. The molecule has 0 radical (unpaired) electrons. The molecule has 88 valence electrons. The summed E-state index contributed by atoms with van der Waals surface area (Å²) in [6, 6.07) is 18.5. The van der Waals surface area contributed by atoms with E-state index in [-0.39, 0.29) is 0 Å². The summed E-state index contributed by atoms with van der Waals surface area (Å²) in [6.07, 6.45) is 2.05. The van der Waals surface area contributed by atoms with Gasteiger partial charge in [-0.2, -0.15) is 4.57 Å². The molecule has 1 heterocycles. The Balaban J connectivity index is 2.28. The van der Waals surface area contributed by atoms with Gasteiger partial charge >= 0.3 is 0 Å². The largest absolute Gasteiger partial charge is 0.398 e. The zero-order valence-corrected chi connectivity index (χ0v) is 10.3. The number of nitrogen functional groups attached to an aromatic ring is 1. The van der Waals surface area contributed by atoms with Crippen LogP contribution in [0.15, 0.2) is 60.8 Å². The van der Waals surface area contributed by atoms with Gasteiger partial charge in [0.15, 0.2) is 11.9 Å². The van der Waals surface area contributed by atoms with Gasteiger partial charge in [0.1, 0.15) is 0 Å². The number of hydrogen-bond acceptors (Lipinski definition) is 1. The third kappa shape index (κ3) is 1.72. The van der Waals surface area contributed by atoms with Gasteiger partial charge in [-0.1, -0.05) is 30.3 Å². The van der Waals surface area contributed by atoms with Crippen molar-refractivity contribution in [3.05, 3.63) is 66.5 Å². The predicted octanol–water partition coefficient (Wildman–Crippen LogP) is 3.01. The minimum Gasteiger partial charge on any atom is -0.398 e. The van der Waals surface area contributed by atoms with Crippen LogP contribution in [-0.4, -0.2) is 0 Å². The summed E-state index contributed by atoms with van der Waals surface area (Å²) in [6.45, 7) is 2.09. The SMILES string of the molecule is Cc1cccc[n+]1-c1cc(N)c2ccccc2c1. The highest BCUT2D eigenvalue weighted by molar-refractivity contribution is 5.94. The van der Waals surface area contributed by atoms with E-state index in [0.717, 1.165) is 16.8 Å². The number of hydrogen-bond donors (Lipinski definition) is 1. The Kier molecular flexibility index (Phi) is 2.49. The van der Waals surface area contributed by atoms with Crippen molar-refractivity contribution >= 4 is 16.5 Å². The van der Waals surface area contributed by atoms with Crippen LogP contribution >= 0.6 is 0 Å². The van der Waals surface area contributed by atoms with E-state index < -0.39 is 0 Å². The number of nitrogens with zero attached hydrogens (tertiary/aromatic N) is 1. The first-order valence-corrected chi connectivity index (χ1v) is 6.01. The molecule has 0 amide bonds. The zero-order chi connectivity index (χ0) is 12.5. The maximum atomic E-state index is 6.13. The highest BCUT2D eigenvalue weighted by Crippen LogP contribution is 2.23. The molecule has 0 aliphatic rings. The minimum absolute atomic E-state index is 0.818. The molecule has 0 saturated heterocycles. The second kappa shape index (κ2) is 4.15. The van der Waals surface area contributed by atoms with Crippen molar-refractivity contribution < 1.29 is 4.57 Å². The Morgan fingerprint density at radius 3 is 2.56 bits per heavy atom. The Hall–Kier alpha value is -2.35. The molecule has 3 aromatic rings. The monoisotopic (exact) mass is 235 g/mol. The molecule has 0 aliphatic carbocycles. The molecule has 0 atom stereocenters. The number of anilines is 1. The maximum absolute atomic E-state index is 6.13. The average molecular weight is 235 g/mol. The van der Waals surface area contributed by atoms with Crippen molar-refractivity contribution in [3.8, 4) is 5.69 Å². The Labute approximate surface area is 106 Å². The first kappa shape index (κ1) is 10.8. The lowest BCUT2D eigenvalue weighted by Gasteiger charge is -2.04. The van der Waals surface area contributed by atoms with E-state index >= 15 is 0 Å². The summed E-state index contributed by atoms with van der Waals surface area (Å²) in [5.41, 5.74) is 9.24. The van der Waals surface area contributed by atoms with Crippen molar-refractivity contribution in [2.45, 2.75) is 6.92 Å². The van der Waals surface area contributed by atoms with E-state index in [1.807, 2.05) is 30.3 Å². The van der Waals surface area contributed by atoms with E-state index in [4.69, 9.17) is 5.73 Å². The van der Waals surface area contributed by atoms with Crippen LogP contribution in [0.25, 0.3) is 16.5 Å². The number of fused-ring (bicyclic) bond motifs is 1. The van der Waals surface area contributed by atoms with Crippen LogP contribution in [0.5, 0.6) is 0 Å². The smallest absolute Gasteiger partial charge is 0.213 e. The normalized spacial score (nSPS) is 10.7. The number of pyridine rings is 1. The molecular formula is C16H15N2+. The molecule has 0 unspecified atom stereocenters. The van der Waals surface area contributed by atoms with Crippen molar-refractivity contribution in [1.82, 2.24) is 0 Å². The van der Waals surface area contributed by atoms with Gasteiger partial charge < -0.3 is 5.73 Å². The zero-order valence-electron chi connectivity index (χ0n) is 10.3. The number of rotatable bonds is 1. The quantitative estimate of drug-likeness (QED) is 0.510. The third-order valence-corrected chi connectivity index (χ3v) is 3.22. The van der Waals surface area contributed by atoms with Gasteiger partial charge in [0.2, 0.25) is 5.69 Å². The summed E-state index contributed by atoms with van der Waals surface area (Å²) in [4.78, 5) is 0. The molecule has 0 saturated carbocycles. The van der Waals surface area contributed by atoms with Gasteiger partial charge in [0.25, 0.3) is 0 Å². The van der Waals surface area contributed by atoms with Crippen LogP contribution in [0.4, 0.5) is 5.69 Å². The van der Waals surface area contributed by atoms with Gasteiger partial charge in [0.05, 0.1) is 0 Å². The van der Waals surface area contributed by atoms with Crippen molar-refractivity contribution in [3.63, 3.8) is 0 Å². The molecule has 2 heteroatoms. The fourth-order valence-corrected chi connectivity index (χ4v) is 2.28. The molecule has 2 nitrogen and oxygen atoms in total. The Morgan fingerprint density at radius 1 is 0.944 bits per heavy atom. The Bertz CT molecular complexity index is 717. The standard InChI is InChI=1S/C16H15N2/c1-12-6-4-5-9-18(12)14-10-13-7-2-3-8-15(13)16(17)11-14/h2-11H,17H2,1H3/q+1. The van der Waals surface area contributed by atoms with Crippen LogP contribution in [0, 0.1) is 6.92 Å². The first-order chi connectivity index (χ1) is 8.75. The van der Waals surface area contributed by atoms with Crippen LogP contribution < -0.4 is 10.3 Å². The summed E-state index contributed by atoms with van der Waals surface area (Å²) in [5.74, 6) is 0. The summed E-state index contributed by atoms with van der Waals surface area (Å²) in [7, 11) is 0.